The Hall–Kier alpha value is -1.51. The molecule has 2 atom stereocenters. The summed E-state index contributed by atoms with van der Waals surface area (Å²) in [6.45, 7) is 6.85. The molecule has 2 unspecified atom stereocenters. The third-order valence-electron chi connectivity index (χ3n) is 3.88. The Morgan fingerprint density at radius 2 is 1.85 bits per heavy atom. The van der Waals surface area contributed by atoms with Crippen LogP contribution < -0.4 is 16.0 Å². The summed E-state index contributed by atoms with van der Waals surface area (Å²) in [6.07, 6.45) is 1.55. The van der Waals surface area contributed by atoms with E-state index in [1.165, 1.54) is 5.56 Å². The molecule has 1 fully saturated rings. The second kappa shape index (κ2) is 10.6. The number of amides is 1. The largest absolute Gasteiger partial charge is 0.444 e. The Kier molecular flexibility index (Phi) is 9.18. The molecule has 0 radical (unpaired) electrons. The summed E-state index contributed by atoms with van der Waals surface area (Å²) < 4.78 is 5.19. The molecule has 1 amide bonds. The van der Waals surface area contributed by atoms with Crippen molar-refractivity contribution in [3.05, 3.63) is 35.9 Å². The molecule has 7 heteroatoms. The standard InChI is InChI=1S/C19H30N4O2.HI/c1-19(2,3)25-18(24)22-12-8-11-21-17(20-4)23-16-13-15(16)14-9-6-5-7-10-14;/h5-7,9-10,15-16H,8,11-13H2,1-4H3,(H,22,24)(H2,20,21,23);1H. The molecule has 146 valence electrons. The summed E-state index contributed by atoms with van der Waals surface area (Å²) >= 11 is 0. The van der Waals surface area contributed by atoms with Crippen LogP contribution >= 0.6 is 24.0 Å². The Morgan fingerprint density at radius 3 is 2.46 bits per heavy atom. The quantitative estimate of drug-likeness (QED) is 0.256. The van der Waals surface area contributed by atoms with E-state index in [9.17, 15) is 4.79 Å². The highest BCUT2D eigenvalue weighted by molar-refractivity contribution is 14.0. The van der Waals surface area contributed by atoms with E-state index >= 15 is 0 Å². The SMILES string of the molecule is CN=C(NCCCNC(=O)OC(C)(C)C)NC1CC1c1ccccc1.I. The number of carbonyl (C=O) groups excluding carboxylic acids is 1. The van der Waals surface area contributed by atoms with Crippen molar-refractivity contribution in [3.8, 4) is 0 Å². The number of ether oxygens (including phenoxy) is 1. The van der Waals surface area contributed by atoms with Crippen LogP contribution in [0.2, 0.25) is 0 Å². The van der Waals surface area contributed by atoms with Crippen molar-refractivity contribution in [2.45, 2.75) is 51.2 Å². The van der Waals surface area contributed by atoms with Crippen LogP contribution in [0.1, 0.15) is 45.1 Å². The van der Waals surface area contributed by atoms with Gasteiger partial charge in [-0.2, -0.15) is 0 Å². The monoisotopic (exact) mass is 474 g/mol. The molecule has 0 aliphatic heterocycles. The van der Waals surface area contributed by atoms with Crippen LogP contribution in [-0.4, -0.2) is 43.8 Å². The molecule has 6 nitrogen and oxygen atoms in total. The first-order valence-corrected chi connectivity index (χ1v) is 8.88. The fourth-order valence-corrected chi connectivity index (χ4v) is 2.59. The molecule has 1 aromatic rings. The van der Waals surface area contributed by atoms with Crippen LogP contribution in [0, 0.1) is 0 Å². The van der Waals surface area contributed by atoms with Gasteiger partial charge in [0.05, 0.1) is 0 Å². The molecule has 0 saturated heterocycles. The zero-order chi connectivity index (χ0) is 18.3. The molecule has 0 bridgehead atoms. The van der Waals surface area contributed by atoms with E-state index in [0.29, 0.717) is 18.5 Å². The fourth-order valence-electron chi connectivity index (χ4n) is 2.59. The number of rotatable bonds is 6. The lowest BCUT2D eigenvalue weighted by atomic mass is 10.1. The highest BCUT2D eigenvalue weighted by atomic mass is 127. The molecular weight excluding hydrogens is 443 g/mol. The first-order valence-electron chi connectivity index (χ1n) is 8.88. The predicted molar refractivity (Wildman–Crippen MR) is 116 cm³/mol. The van der Waals surface area contributed by atoms with Gasteiger partial charge in [0, 0.05) is 32.1 Å². The number of hydrogen-bond acceptors (Lipinski definition) is 3. The van der Waals surface area contributed by atoms with Crippen molar-refractivity contribution in [3.63, 3.8) is 0 Å². The predicted octanol–water partition coefficient (Wildman–Crippen LogP) is 3.24. The van der Waals surface area contributed by atoms with Gasteiger partial charge in [-0.05, 0) is 39.2 Å². The maximum atomic E-state index is 11.5. The van der Waals surface area contributed by atoms with Crippen molar-refractivity contribution in [1.29, 1.82) is 0 Å². The number of aliphatic imine (C=N–C) groups is 1. The highest BCUT2D eigenvalue weighted by Gasteiger charge is 2.38. The molecule has 1 aliphatic carbocycles. The highest BCUT2D eigenvalue weighted by Crippen LogP contribution is 2.40. The van der Waals surface area contributed by atoms with Crippen molar-refractivity contribution in [1.82, 2.24) is 16.0 Å². The van der Waals surface area contributed by atoms with Crippen LogP contribution in [0.15, 0.2) is 35.3 Å². The van der Waals surface area contributed by atoms with Crippen LogP contribution in [0.4, 0.5) is 4.79 Å². The summed E-state index contributed by atoms with van der Waals surface area (Å²) in [6, 6.07) is 11.0. The van der Waals surface area contributed by atoms with Gasteiger partial charge in [0.25, 0.3) is 0 Å². The Labute approximate surface area is 173 Å². The average Bonchev–Trinajstić information content (AvgIpc) is 3.32. The number of hydrogen-bond donors (Lipinski definition) is 3. The number of nitrogens with zero attached hydrogens (tertiary/aromatic N) is 1. The molecule has 0 heterocycles. The number of guanidine groups is 1. The molecule has 0 aromatic heterocycles. The Balaban J connectivity index is 0.00000338. The fraction of sp³-hybridized carbons (Fsp3) is 0.579. The van der Waals surface area contributed by atoms with Crippen molar-refractivity contribution < 1.29 is 9.53 Å². The smallest absolute Gasteiger partial charge is 0.407 e. The van der Waals surface area contributed by atoms with Gasteiger partial charge in [0.15, 0.2) is 5.96 Å². The van der Waals surface area contributed by atoms with Gasteiger partial charge >= 0.3 is 6.09 Å². The van der Waals surface area contributed by atoms with E-state index < -0.39 is 5.60 Å². The molecule has 1 saturated carbocycles. The van der Waals surface area contributed by atoms with E-state index in [1.54, 1.807) is 7.05 Å². The summed E-state index contributed by atoms with van der Waals surface area (Å²) in [7, 11) is 1.77. The molecular formula is C19H31IN4O2. The van der Waals surface area contributed by atoms with Gasteiger partial charge in [-0.15, -0.1) is 24.0 Å². The zero-order valence-electron chi connectivity index (χ0n) is 16.0. The second-order valence-corrected chi connectivity index (χ2v) is 7.28. The third kappa shape index (κ3) is 8.25. The molecule has 0 spiro atoms. The molecule has 1 aliphatic rings. The summed E-state index contributed by atoms with van der Waals surface area (Å²) in [5.74, 6) is 1.37. The van der Waals surface area contributed by atoms with Crippen LogP contribution in [0.5, 0.6) is 0 Å². The number of carbonyl (C=O) groups is 1. The minimum atomic E-state index is -0.464. The first-order chi connectivity index (χ1) is 11.9. The lowest BCUT2D eigenvalue weighted by Gasteiger charge is -2.19. The summed E-state index contributed by atoms with van der Waals surface area (Å²) in [4.78, 5) is 15.8. The van der Waals surface area contributed by atoms with Crippen molar-refractivity contribution in [2.75, 3.05) is 20.1 Å². The Bertz CT molecular complexity index is 587. The van der Waals surface area contributed by atoms with Gasteiger partial charge in [-0.3, -0.25) is 4.99 Å². The van der Waals surface area contributed by atoms with Gasteiger partial charge in [-0.25, -0.2) is 4.79 Å². The normalized spacial score (nSPS) is 19.2. The molecule has 2 rings (SSSR count). The number of nitrogens with one attached hydrogen (secondary N) is 3. The van der Waals surface area contributed by atoms with Crippen LogP contribution in [0.25, 0.3) is 0 Å². The lowest BCUT2D eigenvalue weighted by molar-refractivity contribution is 0.0527. The summed E-state index contributed by atoms with van der Waals surface area (Å²) in [5.41, 5.74) is 0.908. The van der Waals surface area contributed by atoms with Gasteiger partial charge < -0.3 is 20.7 Å². The number of benzene rings is 1. The van der Waals surface area contributed by atoms with E-state index in [0.717, 1.165) is 25.3 Å². The van der Waals surface area contributed by atoms with Crippen LogP contribution in [0.3, 0.4) is 0 Å². The third-order valence-corrected chi connectivity index (χ3v) is 3.88. The zero-order valence-corrected chi connectivity index (χ0v) is 18.4. The lowest BCUT2D eigenvalue weighted by Crippen LogP contribution is -2.40. The minimum absolute atomic E-state index is 0. The van der Waals surface area contributed by atoms with E-state index in [4.69, 9.17) is 4.74 Å². The summed E-state index contributed by atoms with van der Waals surface area (Å²) in [5, 5.41) is 9.48. The van der Waals surface area contributed by atoms with Crippen molar-refractivity contribution >= 4 is 36.0 Å². The first kappa shape index (κ1) is 22.5. The number of alkyl carbamates (subject to hydrolysis) is 1. The Morgan fingerprint density at radius 1 is 1.19 bits per heavy atom. The maximum absolute atomic E-state index is 11.5. The molecule has 26 heavy (non-hydrogen) atoms. The average molecular weight is 474 g/mol. The molecule has 1 aromatic carbocycles. The number of halogens is 1. The van der Waals surface area contributed by atoms with Crippen LogP contribution in [-0.2, 0) is 4.74 Å². The van der Waals surface area contributed by atoms with E-state index in [-0.39, 0.29) is 30.1 Å². The molecule has 3 N–H and O–H groups in total. The topological polar surface area (TPSA) is 74.8 Å². The minimum Gasteiger partial charge on any atom is -0.444 e. The van der Waals surface area contributed by atoms with E-state index in [2.05, 4.69) is 45.2 Å². The second-order valence-electron chi connectivity index (χ2n) is 7.28. The maximum Gasteiger partial charge on any atom is 0.407 e. The van der Waals surface area contributed by atoms with Gasteiger partial charge in [0.1, 0.15) is 5.60 Å². The van der Waals surface area contributed by atoms with Crippen molar-refractivity contribution in [2.24, 2.45) is 4.99 Å². The van der Waals surface area contributed by atoms with Gasteiger partial charge in [-0.1, -0.05) is 30.3 Å². The van der Waals surface area contributed by atoms with Gasteiger partial charge in [0.2, 0.25) is 0 Å². The van der Waals surface area contributed by atoms with E-state index in [1.807, 2.05) is 26.8 Å².